The van der Waals surface area contributed by atoms with Crippen molar-refractivity contribution in [2.24, 2.45) is 0 Å². The minimum atomic E-state index is -1.13. The Balaban J connectivity index is 4.37. The molecule has 0 rings (SSSR count). The molecule has 20 heavy (non-hydrogen) atoms. The Morgan fingerprint density at radius 2 is 2.00 bits per heavy atom. The topological polar surface area (TPSA) is 46.2 Å². The first-order valence-electron chi connectivity index (χ1n) is 7.61. The molecule has 4 heteroatoms. The Labute approximate surface area is 127 Å². The maximum absolute atomic E-state index is 12.1. The van der Waals surface area contributed by atoms with Crippen molar-refractivity contribution in [3.8, 4) is 0 Å². The highest BCUT2D eigenvalue weighted by molar-refractivity contribution is 7.84. The van der Waals surface area contributed by atoms with Crippen molar-refractivity contribution < 1.29 is 9.00 Å². The molecule has 0 saturated carbocycles. The van der Waals surface area contributed by atoms with Crippen LogP contribution in [0.1, 0.15) is 72.6 Å². The molecule has 0 aliphatic heterocycles. The standard InChI is InChI=1S/C16H31NO2S/c1-6-8-10-12-15(18)13-14(11-9-7-2)17-20(19)16(3,4)5/h7,14,17H,2,6,8-13H2,1,3-5H3/t14-,20?/m0/s1. The van der Waals surface area contributed by atoms with Crippen molar-refractivity contribution in [2.75, 3.05) is 0 Å². The number of hydrogen-bond donors (Lipinski definition) is 1. The molecule has 118 valence electrons. The van der Waals surface area contributed by atoms with E-state index in [1.165, 1.54) is 0 Å². The van der Waals surface area contributed by atoms with Crippen LogP contribution in [0.25, 0.3) is 0 Å². The summed E-state index contributed by atoms with van der Waals surface area (Å²) in [4.78, 5) is 12.0. The zero-order chi connectivity index (χ0) is 15.6. The molecule has 0 aromatic heterocycles. The van der Waals surface area contributed by atoms with E-state index in [1.807, 2.05) is 26.8 Å². The summed E-state index contributed by atoms with van der Waals surface area (Å²) in [5.41, 5.74) is 0. The lowest BCUT2D eigenvalue weighted by Crippen LogP contribution is -2.40. The number of rotatable bonds is 11. The summed E-state index contributed by atoms with van der Waals surface area (Å²) in [7, 11) is -1.13. The predicted molar refractivity (Wildman–Crippen MR) is 88.0 cm³/mol. The first-order chi connectivity index (χ1) is 9.31. The van der Waals surface area contributed by atoms with Crippen molar-refractivity contribution in [3.63, 3.8) is 0 Å². The molecule has 1 N–H and O–H groups in total. The molecular weight excluding hydrogens is 270 g/mol. The average molecular weight is 301 g/mol. The second kappa shape index (κ2) is 10.3. The Bertz CT molecular complexity index is 321. The van der Waals surface area contributed by atoms with Crippen molar-refractivity contribution >= 4 is 16.8 Å². The van der Waals surface area contributed by atoms with Gasteiger partial charge in [-0.25, -0.2) is 8.93 Å². The molecule has 0 aromatic carbocycles. The second-order valence-corrected chi connectivity index (χ2v) is 8.26. The van der Waals surface area contributed by atoms with E-state index in [1.54, 1.807) is 0 Å². The van der Waals surface area contributed by atoms with Gasteiger partial charge in [-0.15, -0.1) is 6.58 Å². The van der Waals surface area contributed by atoms with Gasteiger partial charge >= 0.3 is 0 Å². The van der Waals surface area contributed by atoms with Gasteiger partial charge in [0.25, 0.3) is 0 Å². The highest BCUT2D eigenvalue weighted by atomic mass is 32.2. The number of hydrogen-bond acceptors (Lipinski definition) is 2. The lowest BCUT2D eigenvalue weighted by molar-refractivity contribution is -0.119. The van der Waals surface area contributed by atoms with Gasteiger partial charge in [0.05, 0.1) is 15.7 Å². The fourth-order valence-corrected chi connectivity index (χ4v) is 2.66. The van der Waals surface area contributed by atoms with Gasteiger partial charge in [0.1, 0.15) is 5.78 Å². The van der Waals surface area contributed by atoms with Crippen LogP contribution in [0.3, 0.4) is 0 Å². The summed E-state index contributed by atoms with van der Waals surface area (Å²) in [5.74, 6) is 0.269. The van der Waals surface area contributed by atoms with Gasteiger partial charge in [-0.1, -0.05) is 25.8 Å². The minimum absolute atomic E-state index is 0.0119. The Hall–Kier alpha value is -0.480. The van der Waals surface area contributed by atoms with E-state index in [9.17, 15) is 9.00 Å². The van der Waals surface area contributed by atoms with Gasteiger partial charge in [-0.05, 0) is 40.0 Å². The molecule has 0 bridgehead atoms. The van der Waals surface area contributed by atoms with Crippen LogP contribution in [0.4, 0.5) is 0 Å². The zero-order valence-corrected chi connectivity index (χ0v) is 14.4. The van der Waals surface area contributed by atoms with Crippen LogP contribution in [0, 0.1) is 0 Å². The van der Waals surface area contributed by atoms with Crippen LogP contribution in [-0.4, -0.2) is 20.8 Å². The number of Topliss-reactive ketones (excluding diaryl/α,β-unsaturated/α-hetero) is 1. The van der Waals surface area contributed by atoms with Crippen LogP contribution >= 0.6 is 0 Å². The number of ketones is 1. The molecule has 0 radical (unpaired) electrons. The summed E-state index contributed by atoms with van der Waals surface area (Å²) < 4.78 is 15.0. The molecule has 0 spiro atoms. The number of carbonyl (C=O) groups is 1. The average Bonchev–Trinajstić information content (AvgIpc) is 2.35. The van der Waals surface area contributed by atoms with E-state index in [0.717, 1.165) is 32.1 Å². The zero-order valence-electron chi connectivity index (χ0n) is 13.5. The molecule has 0 saturated heterocycles. The van der Waals surface area contributed by atoms with Crippen molar-refractivity contribution in [1.29, 1.82) is 0 Å². The summed E-state index contributed by atoms with van der Waals surface area (Å²) in [6, 6.07) is -0.0119. The molecule has 3 nitrogen and oxygen atoms in total. The third-order valence-corrected chi connectivity index (χ3v) is 4.74. The van der Waals surface area contributed by atoms with Gasteiger partial charge in [-0.3, -0.25) is 4.79 Å². The van der Waals surface area contributed by atoms with Crippen LogP contribution in [0.15, 0.2) is 12.7 Å². The summed E-state index contributed by atoms with van der Waals surface area (Å²) in [5, 5.41) is 0. The fraction of sp³-hybridized carbons (Fsp3) is 0.812. The third-order valence-electron chi connectivity index (χ3n) is 3.08. The van der Waals surface area contributed by atoms with Gasteiger partial charge in [0.2, 0.25) is 0 Å². The Morgan fingerprint density at radius 3 is 2.50 bits per heavy atom. The predicted octanol–water partition coefficient (Wildman–Crippen LogP) is 3.91. The second-order valence-electron chi connectivity index (χ2n) is 6.26. The lowest BCUT2D eigenvalue weighted by atomic mass is 10.0. The van der Waals surface area contributed by atoms with E-state index >= 15 is 0 Å². The lowest BCUT2D eigenvalue weighted by Gasteiger charge is -2.23. The summed E-state index contributed by atoms with van der Waals surface area (Å²) >= 11 is 0. The normalized spacial score (nSPS) is 14.8. The van der Waals surface area contributed by atoms with E-state index < -0.39 is 11.0 Å². The molecule has 0 amide bonds. The first-order valence-corrected chi connectivity index (χ1v) is 8.76. The van der Waals surface area contributed by atoms with Crippen LogP contribution in [0.2, 0.25) is 0 Å². The SMILES string of the molecule is C=CCC[C@@H](CC(=O)CCCCC)NS(=O)C(C)(C)C. The molecule has 1 unspecified atom stereocenters. The number of unbranched alkanes of at least 4 members (excludes halogenated alkanes) is 2. The van der Waals surface area contributed by atoms with Gasteiger partial charge in [-0.2, -0.15) is 0 Å². The third kappa shape index (κ3) is 9.43. The number of nitrogens with one attached hydrogen (secondary N) is 1. The molecule has 0 fully saturated rings. The van der Waals surface area contributed by atoms with E-state index in [0.29, 0.717) is 12.8 Å². The van der Waals surface area contributed by atoms with Crippen molar-refractivity contribution in [1.82, 2.24) is 4.72 Å². The van der Waals surface area contributed by atoms with Gasteiger partial charge in [0, 0.05) is 18.9 Å². The first kappa shape index (κ1) is 19.5. The number of allylic oxidation sites excluding steroid dienone is 1. The minimum Gasteiger partial charge on any atom is -0.300 e. The quantitative estimate of drug-likeness (QED) is 0.464. The summed E-state index contributed by atoms with van der Waals surface area (Å²) in [6.07, 6.45) is 7.79. The van der Waals surface area contributed by atoms with E-state index in [2.05, 4.69) is 18.2 Å². The van der Waals surface area contributed by atoms with Gasteiger partial charge < -0.3 is 0 Å². The molecule has 0 aliphatic carbocycles. The molecule has 0 aliphatic rings. The smallest absolute Gasteiger partial charge is 0.134 e. The Kier molecular flexibility index (Phi) is 10.0. The Morgan fingerprint density at radius 1 is 1.35 bits per heavy atom. The highest BCUT2D eigenvalue weighted by Crippen LogP contribution is 2.14. The van der Waals surface area contributed by atoms with Crippen molar-refractivity contribution in [2.45, 2.75) is 83.4 Å². The number of carbonyl (C=O) groups excluding carboxylic acids is 1. The van der Waals surface area contributed by atoms with Gasteiger partial charge in [0.15, 0.2) is 0 Å². The van der Waals surface area contributed by atoms with Crippen LogP contribution in [-0.2, 0) is 15.8 Å². The maximum Gasteiger partial charge on any atom is 0.134 e. The molecule has 0 heterocycles. The monoisotopic (exact) mass is 301 g/mol. The summed E-state index contributed by atoms with van der Waals surface area (Å²) in [6.45, 7) is 11.6. The van der Waals surface area contributed by atoms with E-state index in [-0.39, 0.29) is 16.6 Å². The molecule has 0 aromatic rings. The van der Waals surface area contributed by atoms with Crippen LogP contribution in [0.5, 0.6) is 0 Å². The molecule has 2 atom stereocenters. The van der Waals surface area contributed by atoms with Crippen LogP contribution < -0.4 is 4.72 Å². The highest BCUT2D eigenvalue weighted by Gasteiger charge is 2.23. The van der Waals surface area contributed by atoms with E-state index in [4.69, 9.17) is 0 Å². The maximum atomic E-state index is 12.1. The molecular formula is C16H31NO2S. The fourth-order valence-electron chi connectivity index (χ4n) is 1.80. The van der Waals surface area contributed by atoms with Crippen molar-refractivity contribution in [3.05, 3.63) is 12.7 Å². The largest absolute Gasteiger partial charge is 0.300 e.